The molecule has 1 aromatic carbocycles. The van der Waals surface area contributed by atoms with Gasteiger partial charge in [-0.1, -0.05) is 18.2 Å². The number of hydrogen-bond donors (Lipinski definition) is 0. The van der Waals surface area contributed by atoms with Crippen LogP contribution in [0.4, 0.5) is 5.69 Å². The van der Waals surface area contributed by atoms with E-state index in [0.717, 1.165) is 16.4 Å². The average Bonchev–Trinajstić information content (AvgIpc) is 2.59. The Balaban J connectivity index is 3.35. The summed E-state index contributed by atoms with van der Waals surface area (Å²) in [6, 6.07) is 3.45. The third-order valence-electron chi connectivity index (χ3n) is 3.53. The number of benzene rings is 1. The Morgan fingerprint density at radius 3 is 2.46 bits per heavy atom. The second-order valence-corrected chi connectivity index (χ2v) is 8.77. The minimum atomic E-state index is -4.44. The molecule has 0 unspecified atom stereocenters. The zero-order valence-corrected chi connectivity index (χ0v) is 16.8. The van der Waals surface area contributed by atoms with Crippen LogP contribution in [0.25, 0.3) is 0 Å². The first-order valence-electron chi connectivity index (χ1n) is 8.47. The molecule has 1 rings (SSSR count). The molecule has 0 aliphatic rings. The van der Waals surface area contributed by atoms with Crippen LogP contribution in [0, 0.1) is 10.1 Å². The number of esters is 1. The van der Waals surface area contributed by atoms with E-state index in [-0.39, 0.29) is 13.0 Å². The predicted molar refractivity (Wildman–Crippen MR) is 102 cm³/mol. The molecule has 0 N–H and O–H groups in total. The average molecular weight is 412 g/mol. The van der Waals surface area contributed by atoms with Crippen LogP contribution in [0.2, 0.25) is 0 Å². The molecule has 0 aliphatic carbocycles. The molecule has 0 heterocycles. The van der Waals surface area contributed by atoms with Crippen molar-refractivity contribution in [3.8, 4) is 0 Å². The second kappa shape index (κ2) is 9.56. The number of nitrogens with zero attached hydrogens (tertiary/aromatic N) is 2. The van der Waals surface area contributed by atoms with E-state index in [1.807, 2.05) is 0 Å². The molecule has 0 aliphatic heterocycles. The quantitative estimate of drug-likeness (QED) is 0.190. The fraction of sp³-hybridized carbons (Fsp3) is 0.444. The number of hydrogen-bond acceptors (Lipinski definition) is 7. The zero-order valence-electron chi connectivity index (χ0n) is 16.0. The van der Waals surface area contributed by atoms with Gasteiger partial charge in [-0.2, -0.15) is 4.31 Å². The number of aldehydes is 1. The van der Waals surface area contributed by atoms with Crippen LogP contribution < -0.4 is 0 Å². The van der Waals surface area contributed by atoms with Gasteiger partial charge in [-0.3, -0.25) is 14.9 Å². The van der Waals surface area contributed by atoms with Gasteiger partial charge in [-0.15, -0.1) is 6.58 Å². The van der Waals surface area contributed by atoms with Gasteiger partial charge in [0.1, 0.15) is 11.9 Å². The monoisotopic (exact) mass is 412 g/mol. The maximum Gasteiger partial charge on any atom is 0.308 e. The normalized spacial score (nSPS) is 13.0. The van der Waals surface area contributed by atoms with Crippen LogP contribution in [0.5, 0.6) is 0 Å². The summed E-state index contributed by atoms with van der Waals surface area (Å²) in [6.45, 7) is 8.26. The summed E-state index contributed by atoms with van der Waals surface area (Å²) in [7, 11) is -4.44. The highest BCUT2D eigenvalue weighted by molar-refractivity contribution is 7.89. The summed E-state index contributed by atoms with van der Waals surface area (Å²) < 4.78 is 32.1. The van der Waals surface area contributed by atoms with Gasteiger partial charge in [-0.05, 0) is 33.3 Å². The van der Waals surface area contributed by atoms with Crippen molar-refractivity contribution in [2.24, 2.45) is 0 Å². The molecule has 0 radical (unpaired) electrons. The summed E-state index contributed by atoms with van der Waals surface area (Å²) in [5.74, 6) is -0.758. The SMILES string of the molecule is C=CCCN([C@H](C=O)CC(=O)OC(C)(C)C)S(=O)(=O)c1ccccc1[N+](=O)[O-]. The minimum absolute atomic E-state index is 0.177. The molecule has 28 heavy (non-hydrogen) atoms. The van der Waals surface area contributed by atoms with Gasteiger partial charge < -0.3 is 9.53 Å². The van der Waals surface area contributed by atoms with Gasteiger partial charge in [0.05, 0.1) is 17.4 Å². The lowest BCUT2D eigenvalue weighted by Crippen LogP contribution is -2.44. The summed E-state index contributed by atoms with van der Waals surface area (Å²) in [5.41, 5.74) is -1.43. The molecule has 0 saturated heterocycles. The molecule has 0 bridgehead atoms. The van der Waals surface area contributed by atoms with Gasteiger partial charge in [0.2, 0.25) is 0 Å². The molecule has 154 valence electrons. The van der Waals surface area contributed by atoms with Crippen molar-refractivity contribution < 1.29 is 27.7 Å². The van der Waals surface area contributed by atoms with Crippen molar-refractivity contribution >= 4 is 28.0 Å². The van der Waals surface area contributed by atoms with Crippen LogP contribution >= 0.6 is 0 Å². The number of sulfonamides is 1. The van der Waals surface area contributed by atoms with Crippen molar-refractivity contribution in [3.63, 3.8) is 0 Å². The Bertz CT molecular complexity index is 844. The molecule has 0 amide bonds. The lowest BCUT2D eigenvalue weighted by molar-refractivity contribution is -0.387. The third-order valence-corrected chi connectivity index (χ3v) is 5.50. The number of ether oxygens (including phenoxy) is 1. The fourth-order valence-electron chi connectivity index (χ4n) is 2.41. The first-order chi connectivity index (χ1) is 12.9. The number of nitro groups is 1. The second-order valence-electron chi connectivity index (χ2n) is 6.91. The van der Waals surface area contributed by atoms with Gasteiger partial charge in [-0.25, -0.2) is 8.42 Å². The van der Waals surface area contributed by atoms with Gasteiger partial charge in [0.25, 0.3) is 15.7 Å². The highest BCUT2D eigenvalue weighted by Crippen LogP contribution is 2.28. The fourth-order valence-corrected chi connectivity index (χ4v) is 4.14. The molecule has 1 atom stereocenters. The molecular formula is C18H24N2O7S. The molecular weight excluding hydrogens is 388 g/mol. The topological polar surface area (TPSA) is 124 Å². The van der Waals surface area contributed by atoms with E-state index in [4.69, 9.17) is 4.74 Å². The van der Waals surface area contributed by atoms with E-state index >= 15 is 0 Å². The van der Waals surface area contributed by atoms with E-state index in [2.05, 4.69) is 6.58 Å². The van der Waals surface area contributed by atoms with Crippen LogP contribution in [0.15, 0.2) is 41.8 Å². The molecule has 9 nitrogen and oxygen atoms in total. The number of carbonyl (C=O) groups excluding carboxylic acids is 2. The zero-order chi connectivity index (χ0) is 21.5. The Morgan fingerprint density at radius 2 is 1.96 bits per heavy atom. The molecule has 1 aromatic rings. The number of nitro benzene ring substituents is 1. The van der Waals surface area contributed by atoms with E-state index in [0.29, 0.717) is 6.29 Å². The highest BCUT2D eigenvalue weighted by Gasteiger charge is 2.37. The van der Waals surface area contributed by atoms with Crippen LogP contribution in [0.3, 0.4) is 0 Å². The number of rotatable bonds is 10. The first-order valence-corrected chi connectivity index (χ1v) is 9.91. The van der Waals surface area contributed by atoms with Crippen molar-refractivity contribution in [2.75, 3.05) is 6.54 Å². The Kier molecular flexibility index (Phi) is 8.01. The molecule has 10 heteroatoms. The summed E-state index contributed by atoms with van der Waals surface area (Å²) in [4.78, 5) is 33.6. The molecule has 0 spiro atoms. The Morgan fingerprint density at radius 1 is 1.36 bits per heavy atom. The summed E-state index contributed by atoms with van der Waals surface area (Å²) in [6.07, 6.45) is 1.42. The molecule has 0 saturated carbocycles. The summed E-state index contributed by atoms with van der Waals surface area (Å²) in [5, 5.41) is 11.2. The van der Waals surface area contributed by atoms with E-state index in [1.165, 1.54) is 18.2 Å². The van der Waals surface area contributed by atoms with Gasteiger partial charge in [0, 0.05) is 12.6 Å². The predicted octanol–water partition coefficient (Wildman–Crippen LogP) is 2.46. The van der Waals surface area contributed by atoms with E-state index in [1.54, 1.807) is 20.8 Å². The summed E-state index contributed by atoms with van der Waals surface area (Å²) >= 11 is 0. The minimum Gasteiger partial charge on any atom is -0.460 e. The maximum atomic E-state index is 13.1. The van der Waals surface area contributed by atoms with E-state index < -0.39 is 49.6 Å². The van der Waals surface area contributed by atoms with Crippen molar-refractivity contribution in [3.05, 3.63) is 47.0 Å². The third kappa shape index (κ3) is 6.24. The van der Waals surface area contributed by atoms with Crippen molar-refractivity contribution in [1.29, 1.82) is 0 Å². The van der Waals surface area contributed by atoms with Gasteiger partial charge in [0.15, 0.2) is 4.90 Å². The molecule has 0 aromatic heterocycles. The van der Waals surface area contributed by atoms with Crippen LogP contribution in [-0.4, -0.2) is 48.1 Å². The van der Waals surface area contributed by atoms with Crippen LogP contribution in [-0.2, 0) is 24.3 Å². The lowest BCUT2D eigenvalue weighted by atomic mass is 10.2. The van der Waals surface area contributed by atoms with E-state index in [9.17, 15) is 28.1 Å². The smallest absolute Gasteiger partial charge is 0.308 e. The lowest BCUT2D eigenvalue weighted by Gasteiger charge is -2.27. The first kappa shape index (κ1) is 23.4. The maximum absolute atomic E-state index is 13.1. The van der Waals surface area contributed by atoms with Crippen molar-refractivity contribution in [1.82, 2.24) is 4.31 Å². The number of para-hydroxylation sites is 1. The van der Waals surface area contributed by atoms with Crippen molar-refractivity contribution in [2.45, 2.75) is 50.2 Å². The standard InChI is InChI=1S/C18H24N2O7S/c1-5-6-11-19(14(13-21)12-17(22)27-18(2,3)4)28(25,26)16-10-8-7-9-15(16)20(23)24/h5,7-10,13-14H,1,6,11-12H2,2-4H3/t14-/m0/s1. The Labute approximate surface area is 164 Å². The molecule has 0 fully saturated rings. The van der Waals surface area contributed by atoms with Crippen LogP contribution in [0.1, 0.15) is 33.6 Å². The number of carbonyl (C=O) groups is 2. The highest BCUT2D eigenvalue weighted by atomic mass is 32.2. The Hall–Kier alpha value is -2.59. The largest absolute Gasteiger partial charge is 0.460 e. The van der Waals surface area contributed by atoms with Gasteiger partial charge >= 0.3 is 5.97 Å².